The number of azide groups is 1. The number of rotatable bonds is 10. The minimum Gasteiger partial charge on any atom is -0.446 e. The lowest BCUT2D eigenvalue weighted by Gasteiger charge is -2.15. The molecule has 0 heterocycles. The third-order valence-electron chi connectivity index (χ3n) is 4.82. The monoisotopic (exact) mass is 407 g/mol. The standard InChI is InChI=1S/C18H21N3O8/c19-21-20-9-10(1-7-15(26)28-17-11(22)3-4-12(17)23)2-8-16(27)29-18-13(24)5-6-14(18)25/h10,17-18H,1-9H2. The first-order valence-electron chi connectivity index (χ1n) is 9.32. The van der Waals surface area contributed by atoms with Crippen molar-refractivity contribution in [1.82, 2.24) is 0 Å². The molecule has 2 fully saturated rings. The predicted octanol–water partition coefficient (Wildman–Crippen LogP) is 1.16. The van der Waals surface area contributed by atoms with Crippen molar-refractivity contribution < 1.29 is 38.2 Å². The van der Waals surface area contributed by atoms with Gasteiger partial charge in [0.15, 0.2) is 23.1 Å². The van der Waals surface area contributed by atoms with E-state index in [9.17, 15) is 28.8 Å². The topological polar surface area (TPSA) is 170 Å². The summed E-state index contributed by atoms with van der Waals surface area (Å²) >= 11 is 0. The van der Waals surface area contributed by atoms with Crippen LogP contribution >= 0.6 is 0 Å². The second-order valence-electron chi connectivity index (χ2n) is 6.96. The predicted molar refractivity (Wildman–Crippen MR) is 94.2 cm³/mol. The average Bonchev–Trinajstić information content (AvgIpc) is 3.17. The molecule has 11 nitrogen and oxygen atoms in total. The maximum atomic E-state index is 11.9. The Morgan fingerprint density at radius 3 is 1.59 bits per heavy atom. The summed E-state index contributed by atoms with van der Waals surface area (Å²) < 4.78 is 9.84. The molecule has 0 N–H and O–H groups in total. The SMILES string of the molecule is [N-]=[N+]=NCC(CCC(=O)OC1C(=O)CCC1=O)CCC(=O)OC1C(=O)CCC1=O. The molecular formula is C18H21N3O8. The van der Waals surface area contributed by atoms with E-state index in [0.717, 1.165) is 0 Å². The molecule has 0 aromatic rings. The number of esters is 2. The van der Waals surface area contributed by atoms with E-state index in [1.54, 1.807) is 0 Å². The van der Waals surface area contributed by atoms with Crippen molar-refractivity contribution in [3.63, 3.8) is 0 Å². The molecule has 0 unspecified atom stereocenters. The first-order chi connectivity index (χ1) is 13.8. The van der Waals surface area contributed by atoms with Crippen LogP contribution in [0.1, 0.15) is 51.4 Å². The van der Waals surface area contributed by atoms with Crippen LogP contribution in [0.3, 0.4) is 0 Å². The lowest BCUT2D eigenvalue weighted by molar-refractivity contribution is -0.158. The molecule has 2 saturated carbocycles. The van der Waals surface area contributed by atoms with Gasteiger partial charge in [0.25, 0.3) is 0 Å². The number of hydrogen-bond acceptors (Lipinski definition) is 9. The zero-order chi connectivity index (χ0) is 21.4. The molecule has 0 atom stereocenters. The van der Waals surface area contributed by atoms with Crippen molar-refractivity contribution in [2.45, 2.75) is 63.6 Å². The number of hydrogen-bond donors (Lipinski definition) is 0. The van der Waals surface area contributed by atoms with Gasteiger partial charge in [0.2, 0.25) is 12.2 Å². The van der Waals surface area contributed by atoms with Gasteiger partial charge in [0.1, 0.15) is 0 Å². The van der Waals surface area contributed by atoms with Gasteiger partial charge >= 0.3 is 11.9 Å². The van der Waals surface area contributed by atoms with Gasteiger partial charge in [-0.05, 0) is 24.3 Å². The van der Waals surface area contributed by atoms with E-state index in [1.165, 1.54) is 0 Å². The Morgan fingerprint density at radius 2 is 1.24 bits per heavy atom. The van der Waals surface area contributed by atoms with E-state index in [0.29, 0.717) is 0 Å². The van der Waals surface area contributed by atoms with E-state index in [2.05, 4.69) is 10.0 Å². The maximum Gasteiger partial charge on any atom is 0.306 e. The molecule has 0 bridgehead atoms. The van der Waals surface area contributed by atoms with Crippen LogP contribution in [0.4, 0.5) is 0 Å². The molecule has 0 spiro atoms. The molecule has 0 aromatic carbocycles. The first kappa shape index (κ1) is 22.2. The van der Waals surface area contributed by atoms with Crippen LogP contribution in [0.5, 0.6) is 0 Å². The minimum absolute atomic E-state index is 0.0135. The van der Waals surface area contributed by atoms with Crippen LogP contribution < -0.4 is 0 Å². The maximum absolute atomic E-state index is 11.9. The molecule has 0 radical (unpaired) electrons. The fourth-order valence-corrected chi connectivity index (χ4v) is 3.14. The smallest absolute Gasteiger partial charge is 0.306 e. The summed E-state index contributed by atoms with van der Waals surface area (Å²) in [5, 5.41) is 3.44. The van der Waals surface area contributed by atoms with E-state index >= 15 is 0 Å². The van der Waals surface area contributed by atoms with E-state index in [-0.39, 0.29) is 63.8 Å². The van der Waals surface area contributed by atoms with Gasteiger partial charge in [-0.1, -0.05) is 5.11 Å². The summed E-state index contributed by atoms with van der Waals surface area (Å²) in [7, 11) is 0. The average molecular weight is 407 g/mol. The molecule has 2 rings (SSSR count). The Balaban J connectivity index is 1.79. The highest BCUT2D eigenvalue weighted by atomic mass is 16.6. The molecule has 29 heavy (non-hydrogen) atoms. The molecule has 156 valence electrons. The van der Waals surface area contributed by atoms with E-state index in [4.69, 9.17) is 15.0 Å². The van der Waals surface area contributed by atoms with Crippen LogP contribution in [0.15, 0.2) is 5.11 Å². The molecule has 2 aliphatic rings. The van der Waals surface area contributed by atoms with Gasteiger partial charge in [-0.15, -0.1) is 0 Å². The van der Waals surface area contributed by atoms with Crippen molar-refractivity contribution in [2.75, 3.05) is 6.54 Å². The normalized spacial score (nSPS) is 17.7. The number of carbonyl (C=O) groups excluding carboxylic acids is 6. The fourth-order valence-electron chi connectivity index (χ4n) is 3.14. The molecule has 2 aliphatic carbocycles. The summed E-state index contributed by atoms with van der Waals surface area (Å²) in [6.07, 6.45) is -2.30. The number of carbonyl (C=O) groups is 6. The summed E-state index contributed by atoms with van der Waals surface area (Å²) in [6.45, 7) is 0.0135. The molecule has 0 aromatic heterocycles. The highest BCUT2D eigenvalue weighted by Crippen LogP contribution is 2.20. The van der Waals surface area contributed by atoms with Gasteiger partial charge in [-0.25, -0.2) is 0 Å². The first-order valence-corrected chi connectivity index (χ1v) is 9.32. The minimum atomic E-state index is -1.34. The highest BCUT2D eigenvalue weighted by molar-refractivity contribution is 6.12. The Kier molecular flexibility index (Phi) is 8.02. The lowest BCUT2D eigenvalue weighted by atomic mass is 9.97. The summed E-state index contributed by atoms with van der Waals surface area (Å²) in [5.41, 5.74) is 8.49. The summed E-state index contributed by atoms with van der Waals surface area (Å²) in [5.74, 6) is -3.51. The van der Waals surface area contributed by atoms with Crippen molar-refractivity contribution >= 4 is 35.1 Å². The van der Waals surface area contributed by atoms with Crippen molar-refractivity contribution in [2.24, 2.45) is 11.0 Å². The Bertz CT molecular complexity index is 685. The number of ketones is 4. The highest BCUT2D eigenvalue weighted by Gasteiger charge is 2.37. The third kappa shape index (κ3) is 6.49. The van der Waals surface area contributed by atoms with Crippen LogP contribution in [-0.2, 0) is 38.2 Å². The Morgan fingerprint density at radius 1 is 0.862 bits per heavy atom. The zero-order valence-electron chi connectivity index (χ0n) is 15.7. The van der Waals surface area contributed by atoms with Crippen molar-refractivity contribution in [1.29, 1.82) is 0 Å². The Hall–Kier alpha value is -3.07. The van der Waals surface area contributed by atoms with Crippen LogP contribution in [-0.4, -0.2) is 53.8 Å². The van der Waals surface area contributed by atoms with E-state index in [1.807, 2.05) is 0 Å². The number of nitrogens with zero attached hydrogens (tertiary/aromatic N) is 3. The van der Waals surface area contributed by atoms with Crippen LogP contribution in [0.25, 0.3) is 10.4 Å². The second kappa shape index (κ2) is 10.5. The Labute approximate surface area is 165 Å². The zero-order valence-corrected chi connectivity index (χ0v) is 15.7. The van der Waals surface area contributed by atoms with E-state index < -0.39 is 47.3 Å². The molecule has 0 saturated heterocycles. The lowest BCUT2D eigenvalue weighted by Crippen LogP contribution is -2.29. The van der Waals surface area contributed by atoms with Gasteiger partial charge in [-0.2, -0.15) is 0 Å². The quantitative estimate of drug-likeness (QED) is 0.171. The molecular weight excluding hydrogens is 386 g/mol. The number of Topliss-reactive ketones (excluding diaryl/α,β-unsaturated/α-hetero) is 4. The van der Waals surface area contributed by atoms with Crippen LogP contribution in [0, 0.1) is 5.92 Å². The molecule has 0 amide bonds. The third-order valence-corrected chi connectivity index (χ3v) is 4.82. The van der Waals surface area contributed by atoms with Crippen molar-refractivity contribution in [3.8, 4) is 0 Å². The van der Waals surface area contributed by atoms with Gasteiger partial charge in [-0.3, -0.25) is 28.8 Å². The van der Waals surface area contributed by atoms with Crippen molar-refractivity contribution in [3.05, 3.63) is 10.4 Å². The molecule has 0 aliphatic heterocycles. The summed E-state index contributed by atoms with van der Waals surface area (Å²) in [4.78, 5) is 72.5. The van der Waals surface area contributed by atoms with Gasteiger partial charge in [0, 0.05) is 50.0 Å². The fraction of sp³-hybridized carbons (Fsp3) is 0.667. The van der Waals surface area contributed by atoms with Gasteiger partial charge < -0.3 is 9.47 Å². The molecule has 11 heteroatoms. The second-order valence-corrected chi connectivity index (χ2v) is 6.96. The largest absolute Gasteiger partial charge is 0.446 e. The summed E-state index contributed by atoms with van der Waals surface area (Å²) in [6, 6.07) is 0. The van der Waals surface area contributed by atoms with Crippen LogP contribution in [0.2, 0.25) is 0 Å². The number of ether oxygens (including phenoxy) is 2. The van der Waals surface area contributed by atoms with Gasteiger partial charge in [0.05, 0.1) is 0 Å².